The number of rotatable bonds is 12. The summed E-state index contributed by atoms with van der Waals surface area (Å²) < 4.78 is 11.3. The van der Waals surface area contributed by atoms with Crippen LogP contribution in [-0.4, -0.2) is 24.2 Å². The van der Waals surface area contributed by atoms with Gasteiger partial charge in [-0.15, -0.1) is 0 Å². The van der Waals surface area contributed by atoms with E-state index in [9.17, 15) is 4.79 Å². The molecule has 1 aromatic heterocycles. The van der Waals surface area contributed by atoms with Gasteiger partial charge in [-0.3, -0.25) is 4.79 Å². The minimum absolute atomic E-state index is 0.0904. The highest BCUT2D eigenvalue weighted by Gasteiger charge is 2.10. The number of carbonyl (C=O) groups is 1. The normalized spacial score (nSPS) is 12.1. The van der Waals surface area contributed by atoms with Crippen LogP contribution in [-0.2, 0) is 9.53 Å². The lowest BCUT2D eigenvalue weighted by atomic mass is 10.0. The van der Waals surface area contributed by atoms with Crippen LogP contribution in [0.4, 0.5) is 0 Å². The largest absolute Gasteiger partial charge is 0.491 e. The van der Waals surface area contributed by atoms with Crippen molar-refractivity contribution in [1.82, 2.24) is 4.98 Å². The number of hydrogen-bond donors (Lipinski definition) is 0. The van der Waals surface area contributed by atoms with E-state index in [-0.39, 0.29) is 5.97 Å². The molecule has 0 saturated carbocycles. The summed E-state index contributed by atoms with van der Waals surface area (Å²) in [7, 11) is 0. The third-order valence-corrected chi connectivity index (χ3v) is 4.88. The molecule has 1 unspecified atom stereocenters. The topological polar surface area (TPSA) is 48.4 Å². The second kappa shape index (κ2) is 11.6. The fourth-order valence-corrected chi connectivity index (χ4v) is 3.07. The molecule has 0 bridgehead atoms. The van der Waals surface area contributed by atoms with Gasteiger partial charge in [-0.25, -0.2) is 4.98 Å². The Morgan fingerprint density at radius 1 is 1.11 bits per heavy atom. The maximum atomic E-state index is 11.9. The van der Waals surface area contributed by atoms with Crippen LogP contribution in [0.3, 0.4) is 0 Å². The minimum atomic E-state index is -0.0904. The number of fused-ring (bicyclic) bond motifs is 1. The smallest absolute Gasteiger partial charge is 0.305 e. The average molecular weight is 372 g/mol. The molecule has 0 amide bonds. The van der Waals surface area contributed by atoms with Gasteiger partial charge in [0.25, 0.3) is 0 Å². The molecule has 0 N–H and O–H groups in total. The molecule has 2 aromatic rings. The van der Waals surface area contributed by atoms with E-state index in [1.54, 1.807) is 0 Å². The monoisotopic (exact) mass is 371 g/mol. The molecule has 0 spiro atoms. The highest BCUT2D eigenvalue weighted by atomic mass is 16.5. The Morgan fingerprint density at radius 3 is 2.74 bits per heavy atom. The van der Waals surface area contributed by atoms with Gasteiger partial charge in [-0.05, 0) is 44.2 Å². The van der Waals surface area contributed by atoms with Crippen LogP contribution in [0.15, 0.2) is 30.3 Å². The lowest BCUT2D eigenvalue weighted by Crippen LogP contribution is -2.14. The number of hydrogen-bond acceptors (Lipinski definition) is 4. The zero-order valence-corrected chi connectivity index (χ0v) is 17.0. The SMILES string of the molecule is CCCCC(CC)COC(=O)CCCCOc1cccc2ccc(C)nc12. The van der Waals surface area contributed by atoms with Crippen molar-refractivity contribution in [2.24, 2.45) is 5.92 Å². The van der Waals surface area contributed by atoms with Crippen molar-refractivity contribution in [2.45, 2.75) is 65.7 Å². The van der Waals surface area contributed by atoms with Gasteiger partial charge in [-0.2, -0.15) is 0 Å². The van der Waals surface area contributed by atoms with Gasteiger partial charge in [-0.1, -0.05) is 51.3 Å². The third kappa shape index (κ3) is 7.20. The third-order valence-electron chi connectivity index (χ3n) is 4.88. The predicted octanol–water partition coefficient (Wildman–Crippen LogP) is 5.85. The molecular weight excluding hydrogens is 338 g/mol. The van der Waals surface area contributed by atoms with Crippen LogP contribution in [0.1, 0.15) is 64.5 Å². The highest BCUT2D eigenvalue weighted by Crippen LogP contribution is 2.24. The second-order valence-corrected chi connectivity index (χ2v) is 7.19. The fraction of sp³-hybridized carbons (Fsp3) is 0.565. The quantitative estimate of drug-likeness (QED) is 0.347. The van der Waals surface area contributed by atoms with Crippen LogP contribution in [0, 0.1) is 12.8 Å². The Kier molecular flexibility index (Phi) is 9.09. The molecule has 0 aliphatic rings. The molecule has 4 heteroatoms. The Balaban J connectivity index is 1.67. The molecule has 0 radical (unpaired) electrons. The summed E-state index contributed by atoms with van der Waals surface area (Å²) in [5.74, 6) is 1.22. The number of ether oxygens (including phenoxy) is 2. The minimum Gasteiger partial charge on any atom is -0.491 e. The van der Waals surface area contributed by atoms with E-state index in [0.717, 1.165) is 48.0 Å². The second-order valence-electron chi connectivity index (χ2n) is 7.19. The van der Waals surface area contributed by atoms with E-state index >= 15 is 0 Å². The first kappa shape index (κ1) is 21.2. The number of aryl methyl sites for hydroxylation is 1. The summed E-state index contributed by atoms with van der Waals surface area (Å²) in [5.41, 5.74) is 1.88. The first-order chi connectivity index (χ1) is 13.1. The van der Waals surface area contributed by atoms with Crippen LogP contribution in [0.2, 0.25) is 0 Å². The zero-order valence-electron chi connectivity index (χ0n) is 17.0. The number of benzene rings is 1. The van der Waals surface area contributed by atoms with Crippen molar-refractivity contribution in [1.29, 1.82) is 0 Å². The lowest BCUT2D eigenvalue weighted by Gasteiger charge is -2.14. The van der Waals surface area contributed by atoms with Crippen LogP contribution in [0.25, 0.3) is 10.9 Å². The first-order valence-electron chi connectivity index (χ1n) is 10.3. The number of nitrogens with zero attached hydrogens (tertiary/aromatic N) is 1. The molecule has 1 aromatic carbocycles. The van der Waals surface area contributed by atoms with Gasteiger partial charge >= 0.3 is 5.97 Å². The molecule has 4 nitrogen and oxygen atoms in total. The molecule has 0 aliphatic carbocycles. The predicted molar refractivity (Wildman–Crippen MR) is 110 cm³/mol. The van der Waals surface area contributed by atoms with E-state index in [0.29, 0.717) is 25.6 Å². The van der Waals surface area contributed by atoms with E-state index < -0.39 is 0 Å². The molecule has 1 atom stereocenters. The Morgan fingerprint density at radius 2 is 1.96 bits per heavy atom. The fourth-order valence-electron chi connectivity index (χ4n) is 3.07. The Labute approximate surface area is 163 Å². The van der Waals surface area contributed by atoms with E-state index in [1.807, 2.05) is 31.2 Å². The summed E-state index contributed by atoms with van der Waals surface area (Å²) in [6.45, 7) is 7.47. The maximum absolute atomic E-state index is 11.9. The van der Waals surface area contributed by atoms with Crippen molar-refractivity contribution in [3.63, 3.8) is 0 Å². The number of carbonyl (C=O) groups excluding carboxylic acids is 1. The first-order valence-corrected chi connectivity index (χ1v) is 10.3. The number of pyridine rings is 1. The number of aromatic nitrogens is 1. The van der Waals surface area contributed by atoms with E-state index in [4.69, 9.17) is 9.47 Å². The Bertz CT molecular complexity index is 714. The van der Waals surface area contributed by atoms with Crippen molar-refractivity contribution in [3.8, 4) is 5.75 Å². The van der Waals surface area contributed by atoms with E-state index in [1.165, 1.54) is 12.8 Å². The summed E-state index contributed by atoms with van der Waals surface area (Å²) in [6.07, 6.45) is 6.67. The van der Waals surface area contributed by atoms with Crippen molar-refractivity contribution >= 4 is 16.9 Å². The zero-order chi connectivity index (χ0) is 19.5. The van der Waals surface area contributed by atoms with Crippen molar-refractivity contribution in [2.75, 3.05) is 13.2 Å². The number of unbranched alkanes of at least 4 members (excludes halogenated alkanes) is 2. The molecule has 2 rings (SSSR count). The molecule has 27 heavy (non-hydrogen) atoms. The molecule has 1 heterocycles. The maximum Gasteiger partial charge on any atom is 0.305 e. The molecule has 148 valence electrons. The molecule has 0 aliphatic heterocycles. The lowest BCUT2D eigenvalue weighted by molar-refractivity contribution is -0.145. The van der Waals surface area contributed by atoms with Gasteiger partial charge in [0.05, 0.1) is 13.2 Å². The highest BCUT2D eigenvalue weighted by molar-refractivity contribution is 5.84. The molecule has 0 fully saturated rings. The average Bonchev–Trinajstić information content (AvgIpc) is 2.68. The Hall–Kier alpha value is -2.10. The van der Waals surface area contributed by atoms with Crippen LogP contribution >= 0.6 is 0 Å². The standard InChI is InChI=1S/C23H33NO3/c1-4-6-10-19(5-2)17-27-22(25)13-7-8-16-26-21-12-9-11-20-15-14-18(3)24-23(20)21/h9,11-12,14-15,19H,4-8,10,13,16-17H2,1-3H3. The number of esters is 1. The summed E-state index contributed by atoms with van der Waals surface area (Å²) in [6, 6.07) is 10.0. The van der Waals surface area contributed by atoms with Gasteiger partial charge in [0, 0.05) is 17.5 Å². The van der Waals surface area contributed by atoms with Gasteiger partial charge in [0.1, 0.15) is 11.3 Å². The molecule has 0 saturated heterocycles. The van der Waals surface area contributed by atoms with E-state index in [2.05, 4.69) is 24.9 Å². The summed E-state index contributed by atoms with van der Waals surface area (Å²) >= 11 is 0. The van der Waals surface area contributed by atoms with Crippen LogP contribution < -0.4 is 4.74 Å². The molecular formula is C23H33NO3. The summed E-state index contributed by atoms with van der Waals surface area (Å²) in [4.78, 5) is 16.5. The van der Waals surface area contributed by atoms with Gasteiger partial charge in [0.2, 0.25) is 0 Å². The van der Waals surface area contributed by atoms with Crippen molar-refractivity contribution in [3.05, 3.63) is 36.0 Å². The van der Waals surface area contributed by atoms with Gasteiger partial charge < -0.3 is 9.47 Å². The summed E-state index contributed by atoms with van der Waals surface area (Å²) in [5, 5.41) is 1.08. The van der Waals surface area contributed by atoms with Crippen molar-refractivity contribution < 1.29 is 14.3 Å². The van der Waals surface area contributed by atoms with Gasteiger partial charge in [0.15, 0.2) is 0 Å². The number of para-hydroxylation sites is 1. The van der Waals surface area contributed by atoms with Crippen LogP contribution in [0.5, 0.6) is 5.75 Å².